The first-order chi connectivity index (χ1) is 11.0. The molecule has 2 rings (SSSR count). The standard InChI is InChI=1S/C17H15ClFNO3/c1-11(12-6-3-2-4-7-12)20-15(21)10-23-17(22)16-13(18)8-5-9-14(16)19/h2-9,11H,10H2,1H3,(H,20,21). The van der Waals surface area contributed by atoms with Crippen LogP contribution in [-0.4, -0.2) is 18.5 Å². The number of esters is 1. The van der Waals surface area contributed by atoms with E-state index < -0.39 is 24.3 Å². The van der Waals surface area contributed by atoms with Gasteiger partial charge in [-0.05, 0) is 24.6 Å². The maximum absolute atomic E-state index is 13.6. The van der Waals surface area contributed by atoms with Gasteiger partial charge in [-0.3, -0.25) is 4.79 Å². The molecule has 0 aliphatic rings. The normalized spacial score (nSPS) is 11.6. The van der Waals surface area contributed by atoms with Crippen molar-refractivity contribution in [1.82, 2.24) is 5.32 Å². The second-order valence-electron chi connectivity index (χ2n) is 4.87. The van der Waals surface area contributed by atoms with E-state index in [0.717, 1.165) is 11.6 Å². The summed E-state index contributed by atoms with van der Waals surface area (Å²) in [6.45, 7) is 1.30. The molecule has 2 aromatic carbocycles. The van der Waals surface area contributed by atoms with Gasteiger partial charge in [-0.15, -0.1) is 0 Å². The summed E-state index contributed by atoms with van der Waals surface area (Å²) in [5.41, 5.74) is 0.544. The van der Waals surface area contributed by atoms with Gasteiger partial charge in [0.1, 0.15) is 11.4 Å². The minimum atomic E-state index is -0.976. The number of rotatable bonds is 5. The number of carbonyl (C=O) groups is 2. The molecule has 1 unspecified atom stereocenters. The molecule has 0 spiro atoms. The molecule has 1 amide bonds. The molecule has 120 valence electrons. The lowest BCUT2D eigenvalue weighted by atomic mass is 10.1. The van der Waals surface area contributed by atoms with Crippen molar-refractivity contribution in [2.45, 2.75) is 13.0 Å². The maximum atomic E-state index is 13.6. The van der Waals surface area contributed by atoms with Gasteiger partial charge in [0, 0.05) is 0 Å². The minimum Gasteiger partial charge on any atom is -0.452 e. The highest BCUT2D eigenvalue weighted by Crippen LogP contribution is 2.19. The molecule has 1 N–H and O–H groups in total. The molecule has 0 saturated heterocycles. The van der Waals surface area contributed by atoms with Gasteiger partial charge in [0.2, 0.25) is 0 Å². The number of hydrogen-bond donors (Lipinski definition) is 1. The molecule has 0 radical (unpaired) electrons. The Balaban J connectivity index is 1.91. The Morgan fingerprint density at radius 1 is 1.17 bits per heavy atom. The summed E-state index contributed by atoms with van der Waals surface area (Å²) in [6, 6.07) is 12.9. The molecule has 0 aliphatic heterocycles. The van der Waals surface area contributed by atoms with Crippen LogP contribution < -0.4 is 5.32 Å². The number of carbonyl (C=O) groups excluding carboxylic acids is 2. The van der Waals surface area contributed by atoms with Gasteiger partial charge in [0.15, 0.2) is 6.61 Å². The van der Waals surface area contributed by atoms with Crippen LogP contribution in [0.5, 0.6) is 0 Å². The molecule has 0 saturated carbocycles. The zero-order valence-corrected chi connectivity index (χ0v) is 13.1. The summed E-state index contributed by atoms with van der Waals surface area (Å²) < 4.78 is 18.4. The molecule has 0 heterocycles. The Hall–Kier alpha value is -2.40. The van der Waals surface area contributed by atoms with Crippen molar-refractivity contribution >= 4 is 23.5 Å². The number of ether oxygens (including phenoxy) is 1. The van der Waals surface area contributed by atoms with Crippen molar-refractivity contribution in [3.63, 3.8) is 0 Å². The van der Waals surface area contributed by atoms with Crippen LogP contribution >= 0.6 is 11.6 Å². The summed E-state index contributed by atoms with van der Waals surface area (Å²) in [4.78, 5) is 23.6. The van der Waals surface area contributed by atoms with E-state index in [1.54, 1.807) is 0 Å². The summed E-state index contributed by atoms with van der Waals surface area (Å²) in [5.74, 6) is -2.25. The molecule has 0 aliphatic carbocycles. The molecular formula is C17H15ClFNO3. The van der Waals surface area contributed by atoms with Crippen LogP contribution in [0.4, 0.5) is 4.39 Å². The largest absolute Gasteiger partial charge is 0.452 e. The minimum absolute atomic E-state index is 0.0620. The smallest absolute Gasteiger partial charge is 0.343 e. The van der Waals surface area contributed by atoms with Crippen molar-refractivity contribution < 1.29 is 18.7 Å². The third-order valence-corrected chi connectivity index (χ3v) is 3.49. The van der Waals surface area contributed by atoms with Crippen LogP contribution in [0.2, 0.25) is 5.02 Å². The number of nitrogens with one attached hydrogen (secondary N) is 1. The Morgan fingerprint density at radius 2 is 1.87 bits per heavy atom. The molecule has 2 aromatic rings. The first-order valence-electron chi connectivity index (χ1n) is 6.94. The van der Waals surface area contributed by atoms with Gasteiger partial charge in [-0.2, -0.15) is 0 Å². The van der Waals surface area contributed by atoms with E-state index in [2.05, 4.69) is 5.32 Å². The number of hydrogen-bond acceptors (Lipinski definition) is 3. The summed E-state index contributed by atoms with van der Waals surface area (Å²) >= 11 is 5.76. The van der Waals surface area contributed by atoms with Gasteiger partial charge in [0.05, 0.1) is 11.1 Å². The van der Waals surface area contributed by atoms with Gasteiger partial charge in [-0.25, -0.2) is 9.18 Å². The Kier molecular flexibility index (Phi) is 5.71. The maximum Gasteiger partial charge on any atom is 0.343 e. The Bertz CT molecular complexity index is 686. The van der Waals surface area contributed by atoms with E-state index in [9.17, 15) is 14.0 Å². The zero-order chi connectivity index (χ0) is 16.8. The Morgan fingerprint density at radius 3 is 2.52 bits per heavy atom. The molecule has 1 atom stereocenters. The number of amides is 1. The van der Waals surface area contributed by atoms with Crippen LogP contribution in [0.3, 0.4) is 0 Å². The summed E-state index contributed by atoms with van der Waals surface area (Å²) in [6.07, 6.45) is 0. The van der Waals surface area contributed by atoms with Crippen LogP contribution in [-0.2, 0) is 9.53 Å². The number of halogens is 2. The first kappa shape index (κ1) is 17.0. The lowest BCUT2D eigenvalue weighted by molar-refractivity contribution is -0.124. The fraction of sp³-hybridized carbons (Fsp3) is 0.176. The second-order valence-corrected chi connectivity index (χ2v) is 5.28. The molecule has 4 nitrogen and oxygen atoms in total. The third kappa shape index (κ3) is 4.53. The summed E-state index contributed by atoms with van der Waals surface area (Å²) in [7, 11) is 0. The van der Waals surface area contributed by atoms with E-state index in [-0.39, 0.29) is 16.6 Å². The van der Waals surface area contributed by atoms with Crippen molar-refractivity contribution in [1.29, 1.82) is 0 Å². The van der Waals surface area contributed by atoms with Gasteiger partial charge < -0.3 is 10.1 Å². The van der Waals surface area contributed by atoms with E-state index in [0.29, 0.717) is 0 Å². The fourth-order valence-electron chi connectivity index (χ4n) is 2.00. The van der Waals surface area contributed by atoms with Crippen molar-refractivity contribution in [3.8, 4) is 0 Å². The van der Waals surface area contributed by atoms with Gasteiger partial charge in [0.25, 0.3) is 5.91 Å². The molecular weight excluding hydrogens is 321 g/mol. The highest BCUT2D eigenvalue weighted by molar-refractivity contribution is 6.33. The van der Waals surface area contributed by atoms with E-state index >= 15 is 0 Å². The lowest BCUT2D eigenvalue weighted by Crippen LogP contribution is -2.31. The van der Waals surface area contributed by atoms with Crippen molar-refractivity contribution in [3.05, 3.63) is 70.5 Å². The van der Waals surface area contributed by atoms with E-state index in [1.807, 2.05) is 37.3 Å². The zero-order valence-electron chi connectivity index (χ0n) is 12.4. The topological polar surface area (TPSA) is 55.4 Å². The molecule has 0 bridgehead atoms. The van der Waals surface area contributed by atoms with E-state index in [4.69, 9.17) is 16.3 Å². The highest BCUT2D eigenvalue weighted by atomic mass is 35.5. The summed E-state index contributed by atoms with van der Waals surface area (Å²) in [5, 5.41) is 2.63. The molecule has 0 fully saturated rings. The predicted octanol–water partition coefficient (Wildman–Crippen LogP) is 3.51. The van der Waals surface area contributed by atoms with Crippen molar-refractivity contribution in [2.24, 2.45) is 0 Å². The molecule has 23 heavy (non-hydrogen) atoms. The average Bonchev–Trinajstić information content (AvgIpc) is 2.53. The Labute approximate surface area is 138 Å². The van der Waals surface area contributed by atoms with Crippen LogP contribution in [0, 0.1) is 5.82 Å². The van der Waals surface area contributed by atoms with Crippen molar-refractivity contribution in [2.75, 3.05) is 6.61 Å². The lowest BCUT2D eigenvalue weighted by Gasteiger charge is -2.14. The molecule has 0 aromatic heterocycles. The quantitative estimate of drug-likeness (QED) is 0.851. The monoisotopic (exact) mass is 335 g/mol. The fourth-order valence-corrected chi connectivity index (χ4v) is 2.24. The number of benzene rings is 2. The van der Waals surface area contributed by atoms with Gasteiger partial charge >= 0.3 is 5.97 Å². The first-order valence-corrected chi connectivity index (χ1v) is 7.32. The van der Waals surface area contributed by atoms with Crippen LogP contribution in [0.15, 0.2) is 48.5 Å². The predicted molar refractivity (Wildman–Crippen MR) is 84.7 cm³/mol. The highest BCUT2D eigenvalue weighted by Gasteiger charge is 2.19. The van der Waals surface area contributed by atoms with Gasteiger partial charge in [-0.1, -0.05) is 48.0 Å². The van der Waals surface area contributed by atoms with Crippen LogP contribution in [0.25, 0.3) is 0 Å². The average molecular weight is 336 g/mol. The molecule has 6 heteroatoms. The van der Waals surface area contributed by atoms with E-state index in [1.165, 1.54) is 12.1 Å². The second kappa shape index (κ2) is 7.74. The third-order valence-electron chi connectivity index (χ3n) is 3.18. The van der Waals surface area contributed by atoms with Crippen LogP contribution in [0.1, 0.15) is 28.9 Å². The SMILES string of the molecule is CC(NC(=O)COC(=O)c1c(F)cccc1Cl)c1ccccc1.